The van der Waals surface area contributed by atoms with Crippen molar-refractivity contribution < 1.29 is 4.79 Å². The van der Waals surface area contributed by atoms with Crippen LogP contribution >= 0.6 is 0 Å². The zero-order valence-corrected chi connectivity index (χ0v) is 9.68. The molecule has 0 bridgehead atoms. The van der Waals surface area contributed by atoms with Gasteiger partial charge in [-0.05, 0) is 11.8 Å². The van der Waals surface area contributed by atoms with Crippen molar-refractivity contribution in [3.05, 3.63) is 0 Å². The van der Waals surface area contributed by atoms with Gasteiger partial charge in [-0.15, -0.1) is 0 Å². The van der Waals surface area contributed by atoms with E-state index >= 15 is 0 Å². The Balaban J connectivity index is 1.68. The zero-order chi connectivity index (χ0) is 10.9. The summed E-state index contributed by atoms with van der Waals surface area (Å²) >= 11 is 0. The van der Waals surface area contributed by atoms with Crippen LogP contribution in [0.5, 0.6) is 0 Å². The van der Waals surface area contributed by atoms with Gasteiger partial charge in [0.05, 0.1) is 6.54 Å². The summed E-state index contributed by atoms with van der Waals surface area (Å²) in [4.78, 5) is 13.9. The van der Waals surface area contributed by atoms with Crippen molar-refractivity contribution in [1.82, 2.24) is 15.5 Å². The first kappa shape index (κ1) is 10.9. The molecule has 1 unspecified atom stereocenters. The molecule has 0 aromatic carbocycles. The van der Waals surface area contributed by atoms with E-state index in [0.717, 1.165) is 32.6 Å². The van der Waals surface area contributed by atoms with Crippen molar-refractivity contribution in [2.45, 2.75) is 26.3 Å². The standard InChI is InChI=1S/C11H21N3O/c1-11(2)7-9(11)13-10(15)8-14-5-3-12-4-6-14/h9,12H,3-8H2,1-2H3,(H,13,15). The maximum absolute atomic E-state index is 11.7. The van der Waals surface area contributed by atoms with Crippen LogP contribution in [0, 0.1) is 5.41 Å². The highest BCUT2D eigenvalue weighted by molar-refractivity contribution is 5.78. The molecule has 2 N–H and O–H groups in total. The van der Waals surface area contributed by atoms with Crippen molar-refractivity contribution in [3.8, 4) is 0 Å². The number of carbonyl (C=O) groups is 1. The van der Waals surface area contributed by atoms with Crippen LogP contribution in [0.25, 0.3) is 0 Å². The van der Waals surface area contributed by atoms with Crippen LogP contribution in [0.15, 0.2) is 0 Å². The SMILES string of the molecule is CC1(C)CC1NC(=O)CN1CCNCC1. The Kier molecular flexibility index (Phi) is 2.98. The molecule has 0 radical (unpaired) electrons. The third-order valence-corrected chi connectivity index (χ3v) is 3.43. The van der Waals surface area contributed by atoms with Crippen LogP contribution in [-0.2, 0) is 4.79 Å². The van der Waals surface area contributed by atoms with E-state index in [0.29, 0.717) is 18.0 Å². The Bertz CT molecular complexity index is 246. The number of rotatable bonds is 3. The number of hydrogen-bond donors (Lipinski definition) is 2. The average Bonchev–Trinajstić information content (AvgIpc) is 2.74. The van der Waals surface area contributed by atoms with Crippen LogP contribution in [0.3, 0.4) is 0 Å². The molecule has 1 aliphatic carbocycles. The molecule has 4 nitrogen and oxygen atoms in total. The molecule has 2 aliphatic rings. The van der Waals surface area contributed by atoms with Crippen molar-refractivity contribution in [2.75, 3.05) is 32.7 Å². The number of hydrogen-bond acceptors (Lipinski definition) is 3. The van der Waals surface area contributed by atoms with Gasteiger partial charge in [-0.25, -0.2) is 0 Å². The molecule has 0 spiro atoms. The molecule has 2 rings (SSSR count). The van der Waals surface area contributed by atoms with Crippen LogP contribution in [0.4, 0.5) is 0 Å². The van der Waals surface area contributed by atoms with Gasteiger partial charge in [0.25, 0.3) is 0 Å². The Morgan fingerprint density at radius 3 is 2.60 bits per heavy atom. The number of amides is 1. The van der Waals surface area contributed by atoms with Gasteiger partial charge in [0.1, 0.15) is 0 Å². The summed E-state index contributed by atoms with van der Waals surface area (Å²) in [6, 6.07) is 0.410. The molecular weight excluding hydrogens is 190 g/mol. The topological polar surface area (TPSA) is 44.4 Å². The quantitative estimate of drug-likeness (QED) is 0.680. The molecule has 0 aromatic rings. The zero-order valence-electron chi connectivity index (χ0n) is 9.68. The molecule has 2 fully saturated rings. The van der Waals surface area contributed by atoms with Crippen molar-refractivity contribution >= 4 is 5.91 Å². The van der Waals surface area contributed by atoms with E-state index < -0.39 is 0 Å². The molecule has 15 heavy (non-hydrogen) atoms. The van der Waals surface area contributed by atoms with Crippen LogP contribution in [-0.4, -0.2) is 49.6 Å². The summed E-state index contributed by atoms with van der Waals surface area (Å²) in [5.74, 6) is 0.187. The summed E-state index contributed by atoms with van der Waals surface area (Å²) in [7, 11) is 0. The van der Waals surface area contributed by atoms with E-state index in [1.807, 2.05) is 0 Å². The van der Waals surface area contributed by atoms with E-state index in [1.165, 1.54) is 0 Å². The third kappa shape index (κ3) is 2.92. The van der Waals surface area contributed by atoms with Gasteiger partial charge >= 0.3 is 0 Å². The highest BCUT2D eigenvalue weighted by atomic mass is 16.2. The van der Waals surface area contributed by atoms with Crippen LogP contribution in [0.1, 0.15) is 20.3 Å². The Morgan fingerprint density at radius 1 is 1.47 bits per heavy atom. The summed E-state index contributed by atoms with van der Waals surface area (Å²) in [5.41, 5.74) is 0.332. The van der Waals surface area contributed by atoms with Gasteiger partial charge < -0.3 is 10.6 Å². The summed E-state index contributed by atoms with van der Waals surface area (Å²) in [5, 5.41) is 6.37. The Hall–Kier alpha value is -0.610. The molecule has 1 aliphatic heterocycles. The number of nitrogens with one attached hydrogen (secondary N) is 2. The van der Waals surface area contributed by atoms with Crippen molar-refractivity contribution in [1.29, 1.82) is 0 Å². The normalized spacial score (nSPS) is 29.9. The summed E-state index contributed by atoms with van der Waals surface area (Å²) in [6.45, 7) is 8.94. The number of carbonyl (C=O) groups excluding carboxylic acids is 1. The molecule has 0 aromatic heterocycles. The predicted octanol–water partition coefficient (Wildman–Crippen LogP) is -0.194. The van der Waals surface area contributed by atoms with E-state index in [1.54, 1.807) is 0 Å². The first-order valence-corrected chi connectivity index (χ1v) is 5.80. The monoisotopic (exact) mass is 211 g/mol. The van der Waals surface area contributed by atoms with Gasteiger partial charge in [0, 0.05) is 32.2 Å². The summed E-state index contributed by atoms with van der Waals surface area (Å²) in [6.07, 6.45) is 1.13. The van der Waals surface area contributed by atoms with E-state index in [9.17, 15) is 4.79 Å². The molecule has 86 valence electrons. The maximum atomic E-state index is 11.7. The fourth-order valence-electron chi connectivity index (χ4n) is 2.03. The third-order valence-electron chi connectivity index (χ3n) is 3.43. The second-order valence-electron chi connectivity index (χ2n) is 5.34. The van der Waals surface area contributed by atoms with Gasteiger partial charge in [-0.3, -0.25) is 9.69 Å². The predicted molar refractivity (Wildman–Crippen MR) is 59.6 cm³/mol. The van der Waals surface area contributed by atoms with Crippen molar-refractivity contribution in [2.24, 2.45) is 5.41 Å². The Labute approximate surface area is 91.4 Å². The summed E-state index contributed by atoms with van der Waals surface area (Å²) < 4.78 is 0. The average molecular weight is 211 g/mol. The second kappa shape index (κ2) is 4.10. The highest BCUT2D eigenvalue weighted by Gasteiger charge is 2.46. The van der Waals surface area contributed by atoms with E-state index in [4.69, 9.17) is 0 Å². The first-order chi connectivity index (χ1) is 7.08. The molecule has 1 saturated carbocycles. The Morgan fingerprint density at radius 2 is 2.07 bits per heavy atom. The molecule has 1 saturated heterocycles. The number of nitrogens with zero attached hydrogens (tertiary/aromatic N) is 1. The minimum absolute atomic E-state index is 0.187. The highest BCUT2D eigenvalue weighted by Crippen LogP contribution is 2.44. The fourth-order valence-corrected chi connectivity index (χ4v) is 2.03. The van der Waals surface area contributed by atoms with Gasteiger partial charge in [-0.2, -0.15) is 0 Å². The van der Waals surface area contributed by atoms with Crippen LogP contribution in [0.2, 0.25) is 0 Å². The number of piperazine rings is 1. The molecular formula is C11H21N3O. The fraction of sp³-hybridized carbons (Fsp3) is 0.909. The lowest BCUT2D eigenvalue weighted by molar-refractivity contribution is -0.122. The minimum atomic E-state index is 0.187. The van der Waals surface area contributed by atoms with Gasteiger partial charge in [0.15, 0.2) is 0 Å². The smallest absolute Gasteiger partial charge is 0.234 e. The van der Waals surface area contributed by atoms with Crippen molar-refractivity contribution in [3.63, 3.8) is 0 Å². The largest absolute Gasteiger partial charge is 0.352 e. The van der Waals surface area contributed by atoms with Gasteiger partial charge in [-0.1, -0.05) is 13.8 Å². The lowest BCUT2D eigenvalue weighted by atomic mass is 10.2. The van der Waals surface area contributed by atoms with E-state index in [2.05, 4.69) is 29.4 Å². The van der Waals surface area contributed by atoms with Crippen LogP contribution < -0.4 is 10.6 Å². The molecule has 1 atom stereocenters. The molecule has 1 amide bonds. The minimum Gasteiger partial charge on any atom is -0.352 e. The maximum Gasteiger partial charge on any atom is 0.234 e. The van der Waals surface area contributed by atoms with E-state index in [-0.39, 0.29) is 5.91 Å². The lowest BCUT2D eigenvalue weighted by Gasteiger charge is -2.26. The molecule has 1 heterocycles. The lowest BCUT2D eigenvalue weighted by Crippen LogP contribution is -2.48. The van der Waals surface area contributed by atoms with Gasteiger partial charge in [0.2, 0.25) is 5.91 Å². The second-order valence-corrected chi connectivity index (χ2v) is 5.34. The first-order valence-electron chi connectivity index (χ1n) is 5.80. The molecule has 4 heteroatoms.